The molecule has 47 heavy (non-hydrogen) atoms. The predicted octanol–water partition coefficient (Wildman–Crippen LogP) is 10.6. The molecular weight excluding hydrogens is 574 g/mol. The molecule has 1 aliphatic rings. The fourth-order valence-electron chi connectivity index (χ4n) is 6.53. The summed E-state index contributed by atoms with van der Waals surface area (Å²) in [6, 6.07) is 57.0. The summed E-state index contributed by atoms with van der Waals surface area (Å²) in [5.74, 6) is 1.62. The van der Waals surface area contributed by atoms with Crippen LogP contribution in [-0.4, -0.2) is 11.7 Å². The topological polar surface area (TPSA) is 49.9 Å². The van der Waals surface area contributed by atoms with E-state index in [0.29, 0.717) is 0 Å². The predicted molar refractivity (Wildman–Crippen MR) is 194 cm³/mol. The van der Waals surface area contributed by atoms with Crippen LogP contribution >= 0.6 is 0 Å². The van der Waals surface area contributed by atoms with Crippen LogP contribution in [0.3, 0.4) is 0 Å². The van der Waals surface area contributed by atoms with Gasteiger partial charge in [-0.05, 0) is 62.9 Å². The maximum atomic E-state index is 6.45. The van der Waals surface area contributed by atoms with Crippen LogP contribution in [0, 0.1) is 0 Å². The van der Waals surface area contributed by atoms with Gasteiger partial charge in [0.15, 0.2) is 6.17 Å². The Bertz CT molecular complexity index is 2420. The van der Waals surface area contributed by atoms with Crippen LogP contribution in [0.1, 0.15) is 22.9 Å². The highest BCUT2D eigenvalue weighted by molar-refractivity contribution is 6.16. The summed E-state index contributed by atoms with van der Waals surface area (Å²) in [7, 11) is 0. The van der Waals surface area contributed by atoms with Gasteiger partial charge in [0.05, 0.1) is 0 Å². The second-order valence-corrected chi connectivity index (χ2v) is 11.9. The minimum Gasteiger partial charge on any atom is -0.456 e. The quantitative estimate of drug-likeness (QED) is 0.213. The first-order valence-electron chi connectivity index (χ1n) is 15.9. The smallest absolute Gasteiger partial charge is 0.169 e. The normalized spacial score (nSPS) is 13.4. The van der Waals surface area contributed by atoms with Crippen molar-refractivity contribution in [3.05, 3.63) is 180 Å². The fraction of sp³-hybridized carbons (Fsp3) is 0.0233. The number of fused-ring (bicyclic) bond motifs is 4. The zero-order valence-electron chi connectivity index (χ0n) is 25.5. The Morgan fingerprint density at radius 1 is 0.447 bits per heavy atom. The van der Waals surface area contributed by atoms with E-state index >= 15 is 0 Å². The largest absolute Gasteiger partial charge is 0.456 e. The van der Waals surface area contributed by atoms with Crippen LogP contribution < -0.4 is 5.32 Å². The summed E-state index contributed by atoms with van der Waals surface area (Å²) in [5.41, 5.74) is 9.42. The molecule has 0 radical (unpaired) electrons. The molecule has 0 spiro atoms. The van der Waals surface area contributed by atoms with Crippen LogP contribution in [0.15, 0.2) is 178 Å². The first kappa shape index (κ1) is 27.1. The van der Waals surface area contributed by atoms with Gasteiger partial charge in [-0.3, -0.25) is 0 Å². The number of rotatable bonds is 5. The Balaban J connectivity index is 1.08. The highest BCUT2D eigenvalue weighted by Gasteiger charge is 2.21. The van der Waals surface area contributed by atoms with Gasteiger partial charge in [0.25, 0.3) is 0 Å². The maximum absolute atomic E-state index is 6.45. The number of hydrogen-bond acceptors (Lipinski definition) is 4. The first-order valence-corrected chi connectivity index (χ1v) is 15.9. The maximum Gasteiger partial charge on any atom is 0.169 e. The van der Waals surface area contributed by atoms with Crippen LogP contribution in [0.25, 0.3) is 55.0 Å². The van der Waals surface area contributed by atoms with Crippen molar-refractivity contribution in [3.63, 3.8) is 0 Å². The van der Waals surface area contributed by atoms with Crippen molar-refractivity contribution in [2.24, 2.45) is 9.98 Å². The lowest BCUT2D eigenvalue weighted by molar-refractivity contribution is 0.669. The highest BCUT2D eigenvalue weighted by Crippen LogP contribution is 2.39. The van der Waals surface area contributed by atoms with Crippen LogP contribution in [-0.2, 0) is 0 Å². The summed E-state index contributed by atoms with van der Waals surface area (Å²) >= 11 is 0. The van der Waals surface area contributed by atoms with E-state index in [1.54, 1.807) is 0 Å². The monoisotopic (exact) mass is 603 g/mol. The van der Waals surface area contributed by atoms with Gasteiger partial charge in [-0.15, -0.1) is 0 Å². The molecule has 1 N–H and O–H groups in total. The van der Waals surface area contributed by atoms with Crippen LogP contribution in [0.2, 0.25) is 0 Å². The molecule has 0 fully saturated rings. The van der Waals surface area contributed by atoms with Crippen LogP contribution in [0.5, 0.6) is 0 Å². The van der Waals surface area contributed by atoms with E-state index in [1.807, 2.05) is 36.4 Å². The van der Waals surface area contributed by atoms with Crippen molar-refractivity contribution in [2.45, 2.75) is 6.17 Å². The molecule has 9 rings (SSSR count). The van der Waals surface area contributed by atoms with E-state index in [0.717, 1.165) is 67.0 Å². The van der Waals surface area contributed by atoms with Gasteiger partial charge in [0.1, 0.15) is 22.8 Å². The summed E-state index contributed by atoms with van der Waals surface area (Å²) in [5, 5.41) is 8.17. The van der Waals surface area contributed by atoms with Crippen molar-refractivity contribution >= 4 is 44.4 Å². The van der Waals surface area contributed by atoms with E-state index in [2.05, 4.69) is 133 Å². The Morgan fingerprint density at radius 3 is 1.79 bits per heavy atom. The zero-order valence-corrected chi connectivity index (χ0v) is 25.5. The number of nitrogens with zero attached hydrogens (tertiary/aromatic N) is 2. The summed E-state index contributed by atoms with van der Waals surface area (Å²) in [6.07, 6.45) is -0.366. The lowest BCUT2D eigenvalue weighted by Gasteiger charge is -2.22. The molecule has 0 saturated heterocycles. The molecule has 222 valence electrons. The molecule has 1 aliphatic heterocycles. The average molecular weight is 604 g/mol. The van der Waals surface area contributed by atoms with Crippen molar-refractivity contribution in [1.29, 1.82) is 0 Å². The van der Waals surface area contributed by atoms with Gasteiger partial charge >= 0.3 is 0 Å². The zero-order chi connectivity index (χ0) is 31.2. The average Bonchev–Trinajstić information content (AvgIpc) is 3.53. The second kappa shape index (κ2) is 11.3. The molecule has 4 nitrogen and oxygen atoms in total. The standard InChI is InChI=1S/C43H29N3O/c1-3-11-30(12-4-1)41-44-42(31-13-5-2-6-14-31)46-43(45-41)32-21-19-29(20-22-32)36-16-9-17-38-40(36)37-25-24-35(27-39(37)47-38)34-23-18-28-10-7-8-15-33(28)26-34/h1-27,43H,(H,44,45,46). The van der Waals surface area contributed by atoms with E-state index in [9.17, 15) is 0 Å². The number of furan rings is 1. The Hall–Kier alpha value is -6.26. The molecule has 2 heterocycles. The minimum atomic E-state index is -0.366. The molecule has 4 heteroatoms. The molecule has 0 saturated carbocycles. The molecule has 1 aromatic heterocycles. The Kier molecular flexibility index (Phi) is 6.50. The molecule has 0 amide bonds. The number of hydrogen-bond donors (Lipinski definition) is 1. The SMILES string of the molecule is c1ccc(C2=NC(c3ccc(-c4cccc5oc6cc(-c7ccc8ccccc8c7)ccc6c45)cc3)N=C(c3ccccc3)N2)cc1. The lowest BCUT2D eigenvalue weighted by Crippen LogP contribution is -2.35. The van der Waals surface area contributed by atoms with Gasteiger partial charge in [-0.1, -0.05) is 140 Å². The van der Waals surface area contributed by atoms with Gasteiger partial charge < -0.3 is 9.73 Å². The number of benzene rings is 7. The van der Waals surface area contributed by atoms with Crippen molar-refractivity contribution in [1.82, 2.24) is 5.32 Å². The van der Waals surface area contributed by atoms with E-state index < -0.39 is 0 Å². The molecule has 7 aromatic carbocycles. The Labute approximate surface area is 272 Å². The van der Waals surface area contributed by atoms with Gasteiger partial charge in [-0.25, -0.2) is 9.98 Å². The third kappa shape index (κ3) is 4.97. The summed E-state index contributed by atoms with van der Waals surface area (Å²) in [4.78, 5) is 10.1. The third-order valence-corrected chi connectivity index (χ3v) is 8.93. The molecule has 0 unspecified atom stereocenters. The number of nitrogens with one attached hydrogen (secondary N) is 1. The molecule has 0 bridgehead atoms. The molecule has 8 aromatic rings. The van der Waals surface area contributed by atoms with Gasteiger partial charge in [0, 0.05) is 21.9 Å². The number of aliphatic imine (C=N–C) groups is 2. The molecular formula is C43H29N3O. The van der Waals surface area contributed by atoms with E-state index in [-0.39, 0.29) is 6.17 Å². The van der Waals surface area contributed by atoms with E-state index in [4.69, 9.17) is 14.4 Å². The van der Waals surface area contributed by atoms with Gasteiger partial charge in [-0.2, -0.15) is 0 Å². The molecule has 0 aliphatic carbocycles. The van der Waals surface area contributed by atoms with E-state index in [1.165, 1.54) is 16.3 Å². The van der Waals surface area contributed by atoms with Crippen molar-refractivity contribution in [2.75, 3.05) is 0 Å². The number of amidine groups is 2. The van der Waals surface area contributed by atoms with Crippen LogP contribution in [0.4, 0.5) is 0 Å². The van der Waals surface area contributed by atoms with Gasteiger partial charge in [0.2, 0.25) is 0 Å². The second-order valence-electron chi connectivity index (χ2n) is 11.9. The third-order valence-electron chi connectivity index (χ3n) is 8.93. The van der Waals surface area contributed by atoms with Crippen molar-refractivity contribution < 1.29 is 4.42 Å². The fourth-order valence-corrected chi connectivity index (χ4v) is 6.53. The first-order chi connectivity index (χ1) is 23.3. The minimum absolute atomic E-state index is 0.366. The summed E-state index contributed by atoms with van der Waals surface area (Å²) < 4.78 is 6.45. The highest BCUT2D eigenvalue weighted by atomic mass is 16.3. The lowest BCUT2D eigenvalue weighted by atomic mass is 9.96. The molecule has 0 atom stereocenters. The Morgan fingerprint density at radius 2 is 1.06 bits per heavy atom. The summed E-state index contributed by atoms with van der Waals surface area (Å²) in [6.45, 7) is 0. The van der Waals surface area contributed by atoms with Crippen molar-refractivity contribution in [3.8, 4) is 22.3 Å².